The molecule has 182 valence electrons. The second kappa shape index (κ2) is 15.0. The van der Waals surface area contributed by atoms with Gasteiger partial charge in [0.2, 0.25) is 11.8 Å². The van der Waals surface area contributed by atoms with E-state index in [0.717, 1.165) is 57.1 Å². The SMILES string of the molecule is O=C(O)CCCCCNC(=O)CCCCCNC(=O)CCCCC1SCC2NC(=O)NC21. The van der Waals surface area contributed by atoms with E-state index >= 15 is 0 Å². The van der Waals surface area contributed by atoms with Gasteiger partial charge in [-0.1, -0.05) is 19.3 Å². The van der Waals surface area contributed by atoms with E-state index in [0.29, 0.717) is 37.6 Å². The molecule has 32 heavy (non-hydrogen) atoms. The highest BCUT2D eigenvalue weighted by molar-refractivity contribution is 8.00. The van der Waals surface area contributed by atoms with Gasteiger partial charge >= 0.3 is 12.0 Å². The molecule has 2 aliphatic heterocycles. The van der Waals surface area contributed by atoms with E-state index in [1.807, 2.05) is 11.8 Å². The van der Waals surface area contributed by atoms with E-state index in [2.05, 4.69) is 21.3 Å². The number of carbonyl (C=O) groups excluding carboxylic acids is 3. The summed E-state index contributed by atoms with van der Waals surface area (Å²) in [7, 11) is 0. The molecule has 0 saturated carbocycles. The Morgan fingerprint density at radius 3 is 2.06 bits per heavy atom. The van der Waals surface area contributed by atoms with E-state index in [-0.39, 0.29) is 36.3 Å². The summed E-state index contributed by atoms with van der Waals surface area (Å²) in [4.78, 5) is 45.5. The molecule has 3 atom stereocenters. The molecule has 0 bridgehead atoms. The van der Waals surface area contributed by atoms with Crippen LogP contribution in [-0.4, -0.2) is 65.1 Å². The summed E-state index contributed by atoms with van der Waals surface area (Å²) in [6.45, 7) is 1.24. The number of carboxylic acid groups (broad SMARTS) is 1. The molecule has 2 fully saturated rings. The third-order valence-corrected chi connectivity index (χ3v) is 7.38. The topological polar surface area (TPSA) is 137 Å². The Bertz CT molecular complexity index is 633. The Hall–Kier alpha value is -1.97. The zero-order valence-electron chi connectivity index (χ0n) is 18.8. The fourth-order valence-corrected chi connectivity index (χ4v) is 5.62. The first-order valence-electron chi connectivity index (χ1n) is 11.9. The maximum absolute atomic E-state index is 12.0. The fourth-order valence-electron chi connectivity index (χ4n) is 4.07. The number of unbranched alkanes of at least 4 members (excludes halogenated alkanes) is 5. The predicted octanol–water partition coefficient (Wildman–Crippen LogP) is 2.15. The molecular formula is C22H38N4O5S. The number of amides is 4. The number of aliphatic carboxylic acids is 1. The van der Waals surface area contributed by atoms with Gasteiger partial charge in [0.1, 0.15) is 0 Å². The van der Waals surface area contributed by atoms with Gasteiger partial charge in [0.05, 0.1) is 12.1 Å². The fraction of sp³-hybridized carbons (Fsp3) is 0.818. The molecule has 2 heterocycles. The highest BCUT2D eigenvalue weighted by atomic mass is 32.2. The molecular weight excluding hydrogens is 432 g/mol. The van der Waals surface area contributed by atoms with Crippen LogP contribution in [0.5, 0.6) is 0 Å². The summed E-state index contributed by atoms with van der Waals surface area (Å²) >= 11 is 1.90. The quantitative estimate of drug-likeness (QED) is 0.163. The number of hydrogen-bond acceptors (Lipinski definition) is 5. The van der Waals surface area contributed by atoms with Gasteiger partial charge < -0.3 is 26.4 Å². The van der Waals surface area contributed by atoms with E-state index in [1.54, 1.807) is 0 Å². The van der Waals surface area contributed by atoms with Crippen LogP contribution in [0.2, 0.25) is 0 Å². The molecule has 2 aliphatic rings. The van der Waals surface area contributed by atoms with Crippen molar-refractivity contribution in [3.8, 4) is 0 Å². The van der Waals surface area contributed by atoms with E-state index < -0.39 is 5.97 Å². The molecule has 0 aromatic carbocycles. The summed E-state index contributed by atoms with van der Waals surface area (Å²) < 4.78 is 0. The number of carbonyl (C=O) groups is 4. The molecule has 0 aliphatic carbocycles. The molecule has 0 aromatic rings. The lowest BCUT2D eigenvalue weighted by Crippen LogP contribution is -2.36. The van der Waals surface area contributed by atoms with Gasteiger partial charge in [-0.3, -0.25) is 14.4 Å². The molecule has 10 heteroatoms. The number of hydrogen-bond donors (Lipinski definition) is 5. The number of carboxylic acids is 1. The zero-order valence-corrected chi connectivity index (χ0v) is 19.6. The number of urea groups is 1. The number of thioether (sulfide) groups is 1. The third-order valence-electron chi connectivity index (χ3n) is 5.87. The van der Waals surface area contributed by atoms with Crippen molar-refractivity contribution in [1.29, 1.82) is 0 Å². The van der Waals surface area contributed by atoms with E-state index in [9.17, 15) is 19.2 Å². The molecule has 2 rings (SSSR count). The smallest absolute Gasteiger partial charge is 0.315 e. The summed E-state index contributed by atoms with van der Waals surface area (Å²) in [6.07, 6.45) is 8.89. The Labute approximate surface area is 194 Å². The maximum Gasteiger partial charge on any atom is 0.315 e. The van der Waals surface area contributed by atoms with Crippen molar-refractivity contribution in [2.45, 2.75) is 94.4 Å². The van der Waals surface area contributed by atoms with Crippen molar-refractivity contribution < 1.29 is 24.3 Å². The van der Waals surface area contributed by atoms with Crippen molar-refractivity contribution in [3.05, 3.63) is 0 Å². The maximum atomic E-state index is 12.0. The average molecular weight is 471 g/mol. The van der Waals surface area contributed by atoms with Crippen molar-refractivity contribution in [2.24, 2.45) is 0 Å². The molecule has 4 amide bonds. The van der Waals surface area contributed by atoms with Crippen LogP contribution in [0.1, 0.15) is 77.0 Å². The van der Waals surface area contributed by atoms with Gasteiger partial charge in [-0.05, 0) is 38.5 Å². The first kappa shape index (κ1) is 26.3. The van der Waals surface area contributed by atoms with Gasteiger partial charge in [-0.15, -0.1) is 0 Å². The Balaban J connectivity index is 1.35. The van der Waals surface area contributed by atoms with Crippen LogP contribution in [0.3, 0.4) is 0 Å². The first-order chi connectivity index (χ1) is 15.5. The van der Waals surface area contributed by atoms with Gasteiger partial charge in [-0.25, -0.2) is 4.79 Å². The monoisotopic (exact) mass is 470 g/mol. The van der Waals surface area contributed by atoms with Crippen LogP contribution >= 0.6 is 11.8 Å². The average Bonchev–Trinajstić information content (AvgIpc) is 3.29. The van der Waals surface area contributed by atoms with E-state index in [1.165, 1.54) is 0 Å². The Kier molecular flexibility index (Phi) is 12.3. The van der Waals surface area contributed by atoms with Crippen LogP contribution < -0.4 is 21.3 Å². The molecule has 2 saturated heterocycles. The summed E-state index contributed by atoms with van der Waals surface area (Å²) in [5.41, 5.74) is 0. The van der Waals surface area contributed by atoms with Gasteiger partial charge in [0, 0.05) is 43.4 Å². The van der Waals surface area contributed by atoms with Gasteiger partial charge in [-0.2, -0.15) is 11.8 Å². The molecule has 0 radical (unpaired) electrons. The highest BCUT2D eigenvalue weighted by Crippen LogP contribution is 2.33. The third kappa shape index (κ3) is 10.6. The minimum Gasteiger partial charge on any atom is -0.481 e. The minimum absolute atomic E-state index is 0.0342. The zero-order chi connectivity index (χ0) is 23.2. The highest BCUT2D eigenvalue weighted by Gasteiger charge is 2.42. The van der Waals surface area contributed by atoms with Crippen molar-refractivity contribution in [1.82, 2.24) is 21.3 Å². The Morgan fingerprint density at radius 1 is 0.844 bits per heavy atom. The number of rotatable bonds is 17. The molecule has 0 aromatic heterocycles. The second-order valence-corrected chi connectivity index (χ2v) is 9.85. The summed E-state index contributed by atoms with van der Waals surface area (Å²) in [5.74, 6) is 0.302. The molecule has 5 N–H and O–H groups in total. The lowest BCUT2D eigenvalue weighted by atomic mass is 10.0. The largest absolute Gasteiger partial charge is 0.481 e. The standard InChI is InChI=1S/C22H38N4O5S/c27-18(23-14-8-2-4-12-20(29)30)10-3-1-7-13-24-19(28)11-6-5-9-17-21-16(15-32-17)25-22(31)26-21/h16-17,21H,1-15H2,(H,23,27)(H,24,28)(H,29,30)(H2,25,26,31). The van der Waals surface area contributed by atoms with Crippen LogP contribution in [-0.2, 0) is 14.4 Å². The predicted molar refractivity (Wildman–Crippen MR) is 125 cm³/mol. The van der Waals surface area contributed by atoms with Crippen molar-refractivity contribution in [2.75, 3.05) is 18.8 Å². The van der Waals surface area contributed by atoms with Crippen molar-refractivity contribution in [3.63, 3.8) is 0 Å². The Morgan fingerprint density at radius 2 is 1.44 bits per heavy atom. The lowest BCUT2D eigenvalue weighted by molar-refractivity contribution is -0.137. The number of fused-ring (bicyclic) bond motifs is 1. The van der Waals surface area contributed by atoms with Crippen LogP contribution in [0, 0.1) is 0 Å². The van der Waals surface area contributed by atoms with Gasteiger partial charge in [0.15, 0.2) is 0 Å². The summed E-state index contributed by atoms with van der Waals surface area (Å²) in [5, 5.41) is 20.7. The molecule has 0 spiro atoms. The molecule has 9 nitrogen and oxygen atoms in total. The minimum atomic E-state index is -0.777. The second-order valence-electron chi connectivity index (χ2n) is 8.58. The normalized spacial score (nSPS) is 21.5. The van der Waals surface area contributed by atoms with Crippen LogP contribution in [0.15, 0.2) is 0 Å². The van der Waals surface area contributed by atoms with Crippen LogP contribution in [0.25, 0.3) is 0 Å². The summed E-state index contributed by atoms with van der Waals surface area (Å²) in [6, 6.07) is 0.421. The molecule has 3 unspecified atom stereocenters. The lowest BCUT2D eigenvalue weighted by Gasteiger charge is -2.16. The first-order valence-corrected chi connectivity index (χ1v) is 12.9. The van der Waals surface area contributed by atoms with Gasteiger partial charge in [0.25, 0.3) is 0 Å². The number of nitrogens with one attached hydrogen (secondary N) is 4. The van der Waals surface area contributed by atoms with Crippen LogP contribution in [0.4, 0.5) is 4.79 Å². The van der Waals surface area contributed by atoms with Crippen molar-refractivity contribution >= 4 is 35.6 Å². The van der Waals surface area contributed by atoms with E-state index in [4.69, 9.17) is 5.11 Å².